The minimum absolute atomic E-state index is 0.350. The highest BCUT2D eigenvalue weighted by Crippen LogP contribution is 2.38. The summed E-state index contributed by atoms with van der Waals surface area (Å²) in [6.07, 6.45) is 0. The molecule has 0 spiro atoms. The maximum Gasteiger partial charge on any atom is 0.141 e. The second-order valence-corrected chi connectivity index (χ2v) is 6.23. The van der Waals surface area contributed by atoms with Crippen molar-refractivity contribution in [1.29, 1.82) is 0 Å². The van der Waals surface area contributed by atoms with Crippen LogP contribution in [0.4, 0.5) is 4.39 Å². The first-order valence-corrected chi connectivity index (χ1v) is 7.52. The van der Waals surface area contributed by atoms with E-state index in [1.54, 1.807) is 6.07 Å². The molecule has 0 saturated heterocycles. The fourth-order valence-corrected chi connectivity index (χ4v) is 3.46. The van der Waals surface area contributed by atoms with Crippen LogP contribution in [-0.2, 0) is 0 Å². The average Bonchev–Trinajstić information content (AvgIpc) is 2.72. The Morgan fingerprint density at radius 1 is 1.47 bits per heavy atom. The molecule has 0 aliphatic rings. The lowest BCUT2D eigenvalue weighted by Crippen LogP contribution is -2.12. The number of hydrogen-bond donors (Lipinski definition) is 1. The average molecular weight is 365 g/mol. The minimum atomic E-state index is -0.446. The van der Waals surface area contributed by atoms with Crippen molar-refractivity contribution in [3.8, 4) is 5.75 Å². The van der Waals surface area contributed by atoms with Gasteiger partial charge in [-0.15, -0.1) is 11.3 Å². The van der Waals surface area contributed by atoms with Crippen molar-refractivity contribution in [1.82, 2.24) is 0 Å². The summed E-state index contributed by atoms with van der Waals surface area (Å²) in [5.74, 6) is 0.0246. The zero-order valence-electron chi connectivity index (χ0n) is 10.3. The van der Waals surface area contributed by atoms with Gasteiger partial charge in [0.25, 0.3) is 0 Å². The van der Waals surface area contributed by atoms with Crippen molar-refractivity contribution in [2.24, 2.45) is 5.73 Å². The number of thiophene rings is 1. The number of hydrogen-bond acceptors (Lipinski definition) is 3. The number of nitrogens with two attached hydrogens (primary N) is 1. The minimum Gasteiger partial charge on any atom is -0.496 e. The summed E-state index contributed by atoms with van der Waals surface area (Å²) in [6.45, 7) is 1.92. The van der Waals surface area contributed by atoms with E-state index in [0.717, 1.165) is 10.4 Å². The lowest BCUT2D eigenvalue weighted by Gasteiger charge is -2.16. The molecule has 1 aromatic heterocycles. The van der Waals surface area contributed by atoms with Gasteiger partial charge in [0.1, 0.15) is 11.6 Å². The maximum atomic E-state index is 13.5. The van der Waals surface area contributed by atoms with Crippen LogP contribution in [0.5, 0.6) is 5.75 Å². The Morgan fingerprint density at radius 3 is 2.68 bits per heavy atom. The standard InChI is InChI=1S/C13H12BrClFNOS/c1-6-5-19-13(11(6)15)12(17)7-3-8(14)9(16)4-10(7)18-2/h3-5,12H,17H2,1-2H3. The summed E-state index contributed by atoms with van der Waals surface area (Å²) in [5, 5.41) is 2.60. The molecule has 0 radical (unpaired) electrons. The maximum absolute atomic E-state index is 13.5. The molecule has 6 heteroatoms. The number of halogens is 3. The molecule has 2 rings (SSSR count). The van der Waals surface area contributed by atoms with Crippen LogP contribution >= 0.6 is 38.9 Å². The van der Waals surface area contributed by atoms with Crippen LogP contribution in [0.15, 0.2) is 22.0 Å². The third kappa shape index (κ3) is 2.79. The number of rotatable bonds is 3. The van der Waals surface area contributed by atoms with Gasteiger partial charge in [-0.1, -0.05) is 11.6 Å². The van der Waals surface area contributed by atoms with Crippen LogP contribution < -0.4 is 10.5 Å². The lowest BCUT2D eigenvalue weighted by atomic mass is 10.0. The third-order valence-electron chi connectivity index (χ3n) is 2.82. The van der Waals surface area contributed by atoms with Crippen LogP contribution in [0.3, 0.4) is 0 Å². The summed E-state index contributed by atoms with van der Waals surface area (Å²) in [6, 6.07) is 2.50. The Kier molecular flexibility index (Phi) is 4.50. The molecule has 1 unspecified atom stereocenters. The first-order chi connectivity index (χ1) is 8.95. The molecule has 0 amide bonds. The van der Waals surface area contributed by atoms with Crippen molar-refractivity contribution in [3.63, 3.8) is 0 Å². The second-order valence-electron chi connectivity index (χ2n) is 4.08. The molecule has 2 N–H and O–H groups in total. The summed E-state index contributed by atoms with van der Waals surface area (Å²) >= 11 is 10.9. The van der Waals surface area contributed by atoms with Crippen molar-refractivity contribution in [3.05, 3.63) is 48.8 Å². The Morgan fingerprint density at radius 2 is 2.16 bits per heavy atom. The fraction of sp³-hybridized carbons (Fsp3) is 0.231. The molecule has 2 nitrogen and oxygen atoms in total. The van der Waals surface area contributed by atoms with Crippen LogP contribution in [0.1, 0.15) is 22.0 Å². The van der Waals surface area contributed by atoms with Gasteiger partial charge in [0.05, 0.1) is 22.6 Å². The fourth-order valence-electron chi connectivity index (χ4n) is 1.76. The summed E-state index contributed by atoms with van der Waals surface area (Å²) in [4.78, 5) is 0.843. The van der Waals surface area contributed by atoms with Crippen molar-refractivity contribution in [2.75, 3.05) is 7.11 Å². The van der Waals surface area contributed by atoms with Crippen molar-refractivity contribution < 1.29 is 9.13 Å². The molecule has 0 bridgehead atoms. The molecule has 0 saturated carbocycles. The largest absolute Gasteiger partial charge is 0.496 e. The molecular formula is C13H12BrClFNOS. The molecule has 102 valence electrons. The molecule has 19 heavy (non-hydrogen) atoms. The Balaban J connectivity index is 2.52. The van der Waals surface area contributed by atoms with Crippen molar-refractivity contribution in [2.45, 2.75) is 13.0 Å². The lowest BCUT2D eigenvalue weighted by molar-refractivity contribution is 0.404. The van der Waals surface area contributed by atoms with E-state index >= 15 is 0 Å². The zero-order valence-corrected chi connectivity index (χ0v) is 13.5. The molecule has 2 aromatic rings. The quantitative estimate of drug-likeness (QED) is 0.859. The predicted octanol–water partition coefficient (Wildman–Crippen LogP) is 4.67. The van der Waals surface area contributed by atoms with E-state index in [1.807, 2.05) is 12.3 Å². The van der Waals surface area contributed by atoms with Gasteiger partial charge in [-0.3, -0.25) is 0 Å². The molecule has 1 heterocycles. The molecule has 0 aliphatic carbocycles. The van der Waals surface area contributed by atoms with Crippen molar-refractivity contribution >= 4 is 38.9 Å². The normalized spacial score (nSPS) is 12.5. The summed E-state index contributed by atoms with van der Waals surface area (Å²) in [5.41, 5.74) is 7.91. The molecule has 1 atom stereocenters. The molecule has 0 fully saturated rings. The van der Waals surface area contributed by atoms with E-state index in [0.29, 0.717) is 20.8 Å². The number of aryl methyl sites for hydroxylation is 1. The van der Waals surface area contributed by atoms with Gasteiger partial charge in [-0.25, -0.2) is 4.39 Å². The zero-order chi connectivity index (χ0) is 14.2. The Hall–Kier alpha value is -0.620. The van der Waals surface area contributed by atoms with Gasteiger partial charge in [0.2, 0.25) is 0 Å². The highest BCUT2D eigenvalue weighted by atomic mass is 79.9. The summed E-state index contributed by atoms with van der Waals surface area (Å²) in [7, 11) is 1.49. The van der Waals surface area contributed by atoms with Gasteiger partial charge < -0.3 is 10.5 Å². The van der Waals surface area contributed by atoms with Gasteiger partial charge in [0.15, 0.2) is 0 Å². The van der Waals surface area contributed by atoms with E-state index in [-0.39, 0.29) is 5.82 Å². The number of ether oxygens (including phenoxy) is 1. The number of methoxy groups -OCH3 is 1. The molecule has 0 aliphatic heterocycles. The first-order valence-electron chi connectivity index (χ1n) is 5.47. The Bertz CT molecular complexity index is 617. The van der Waals surface area contributed by atoms with E-state index in [4.69, 9.17) is 22.1 Å². The molecular weight excluding hydrogens is 353 g/mol. The van der Waals surface area contributed by atoms with Gasteiger partial charge >= 0.3 is 0 Å². The van der Waals surface area contributed by atoms with Crippen LogP contribution in [0.25, 0.3) is 0 Å². The van der Waals surface area contributed by atoms with Crippen LogP contribution in [-0.4, -0.2) is 7.11 Å². The first kappa shape index (κ1) is 14.8. The van der Waals surface area contributed by atoms with Crippen LogP contribution in [0.2, 0.25) is 5.02 Å². The van der Waals surface area contributed by atoms with Gasteiger partial charge in [-0.2, -0.15) is 0 Å². The van der Waals surface area contributed by atoms with Crippen LogP contribution in [0, 0.1) is 12.7 Å². The van der Waals surface area contributed by atoms with E-state index < -0.39 is 6.04 Å². The monoisotopic (exact) mass is 363 g/mol. The van der Waals surface area contributed by atoms with Gasteiger partial charge in [0, 0.05) is 16.5 Å². The van der Waals surface area contributed by atoms with Gasteiger partial charge in [-0.05, 0) is 39.9 Å². The smallest absolute Gasteiger partial charge is 0.141 e. The summed E-state index contributed by atoms with van der Waals surface area (Å²) < 4.78 is 19.0. The Labute approximate surface area is 128 Å². The molecule has 1 aromatic carbocycles. The third-order valence-corrected chi connectivity index (χ3v) is 5.22. The topological polar surface area (TPSA) is 35.2 Å². The van der Waals surface area contributed by atoms with E-state index in [1.165, 1.54) is 24.5 Å². The second kappa shape index (κ2) is 5.79. The SMILES string of the molecule is COc1cc(F)c(Br)cc1C(N)c1scc(C)c1Cl. The van der Waals surface area contributed by atoms with E-state index in [2.05, 4.69) is 15.9 Å². The highest BCUT2D eigenvalue weighted by Gasteiger charge is 2.21. The predicted molar refractivity (Wildman–Crippen MR) is 80.7 cm³/mol. The highest BCUT2D eigenvalue weighted by molar-refractivity contribution is 9.10. The number of benzene rings is 1. The van der Waals surface area contributed by atoms with E-state index in [9.17, 15) is 4.39 Å².